The number of rotatable bonds is 3. The summed E-state index contributed by atoms with van der Waals surface area (Å²) < 4.78 is 2.50. The van der Waals surface area contributed by atoms with Crippen molar-refractivity contribution < 1.29 is 0 Å². The molecule has 3 nitrogen and oxygen atoms in total. The summed E-state index contributed by atoms with van der Waals surface area (Å²) in [6.07, 6.45) is 0. The normalized spacial score (nSPS) is 11.8. The standard InChI is InChI=1S/C43H25N3S/c1-3-10-26(11-4-1)34-23-20-28-18-19-29-21-24-36(46-42(29)41(28)44-34)31-15-9-16-33-39-37(47-43(31)33)25-22-32-38(39)30-14-7-8-17-35(30)45-40(32)27-12-5-2-6-13-27/h1-25H. The first-order chi connectivity index (χ1) is 23.3. The topological polar surface area (TPSA) is 38.7 Å². The quantitative estimate of drug-likeness (QED) is 0.186. The fourth-order valence-corrected chi connectivity index (χ4v) is 8.27. The van der Waals surface area contributed by atoms with E-state index in [0.717, 1.165) is 61.1 Å². The minimum absolute atomic E-state index is 0.922. The Kier molecular flexibility index (Phi) is 5.74. The third-order valence-corrected chi connectivity index (χ3v) is 10.4. The molecular weight excluding hydrogens is 591 g/mol. The van der Waals surface area contributed by atoms with E-state index in [-0.39, 0.29) is 0 Å². The lowest BCUT2D eigenvalue weighted by molar-refractivity contribution is 1.37. The Morgan fingerprint density at radius 3 is 1.83 bits per heavy atom. The molecule has 0 aliphatic heterocycles. The number of fused-ring (bicyclic) bond motifs is 10. The van der Waals surface area contributed by atoms with Gasteiger partial charge in [0.05, 0.1) is 33.6 Å². The van der Waals surface area contributed by atoms with Gasteiger partial charge in [-0.25, -0.2) is 15.0 Å². The summed E-state index contributed by atoms with van der Waals surface area (Å²) in [6, 6.07) is 53.4. The molecule has 47 heavy (non-hydrogen) atoms. The molecule has 0 saturated carbocycles. The highest BCUT2D eigenvalue weighted by Crippen LogP contribution is 2.46. The predicted octanol–water partition coefficient (Wildman–Crippen LogP) is 11.9. The smallest absolute Gasteiger partial charge is 0.0972 e. The number of para-hydroxylation sites is 1. The third kappa shape index (κ3) is 4.09. The Morgan fingerprint density at radius 1 is 0.404 bits per heavy atom. The minimum Gasteiger partial charge on any atom is -0.247 e. The van der Waals surface area contributed by atoms with Crippen LogP contribution in [-0.4, -0.2) is 15.0 Å². The molecule has 0 saturated heterocycles. The van der Waals surface area contributed by atoms with Gasteiger partial charge in [-0.05, 0) is 24.3 Å². The van der Waals surface area contributed by atoms with E-state index in [4.69, 9.17) is 15.0 Å². The molecule has 0 radical (unpaired) electrons. The van der Waals surface area contributed by atoms with Gasteiger partial charge in [-0.15, -0.1) is 11.3 Å². The van der Waals surface area contributed by atoms with Gasteiger partial charge < -0.3 is 0 Å². The molecular formula is C43H25N3S. The summed E-state index contributed by atoms with van der Waals surface area (Å²) in [5.41, 5.74) is 9.13. The average molecular weight is 616 g/mol. The molecule has 10 rings (SSSR count). The van der Waals surface area contributed by atoms with E-state index in [1.165, 1.54) is 36.3 Å². The van der Waals surface area contributed by atoms with Crippen molar-refractivity contribution in [3.8, 4) is 33.8 Å². The highest BCUT2D eigenvalue weighted by atomic mass is 32.1. The predicted molar refractivity (Wildman–Crippen MR) is 199 cm³/mol. The van der Waals surface area contributed by atoms with Crippen LogP contribution >= 0.6 is 11.3 Å². The van der Waals surface area contributed by atoms with Crippen LogP contribution in [0.5, 0.6) is 0 Å². The van der Waals surface area contributed by atoms with Crippen molar-refractivity contribution in [3.63, 3.8) is 0 Å². The Bertz CT molecular complexity index is 2840. The van der Waals surface area contributed by atoms with Crippen molar-refractivity contribution in [2.45, 2.75) is 0 Å². The van der Waals surface area contributed by atoms with Gasteiger partial charge in [0.15, 0.2) is 0 Å². The molecule has 10 aromatic rings. The van der Waals surface area contributed by atoms with E-state index in [0.29, 0.717) is 0 Å². The fourth-order valence-electron chi connectivity index (χ4n) is 7.04. The van der Waals surface area contributed by atoms with Crippen LogP contribution in [0.15, 0.2) is 152 Å². The van der Waals surface area contributed by atoms with Gasteiger partial charge in [-0.2, -0.15) is 0 Å². The van der Waals surface area contributed by atoms with Gasteiger partial charge in [0.25, 0.3) is 0 Å². The molecule has 0 atom stereocenters. The van der Waals surface area contributed by atoms with Crippen molar-refractivity contribution in [1.82, 2.24) is 15.0 Å². The summed E-state index contributed by atoms with van der Waals surface area (Å²) in [7, 11) is 0. The van der Waals surface area contributed by atoms with E-state index >= 15 is 0 Å². The highest BCUT2D eigenvalue weighted by Gasteiger charge is 2.18. The van der Waals surface area contributed by atoms with Crippen LogP contribution in [0.3, 0.4) is 0 Å². The number of nitrogens with zero attached hydrogens (tertiary/aromatic N) is 3. The Morgan fingerprint density at radius 2 is 1.04 bits per heavy atom. The zero-order chi connectivity index (χ0) is 30.9. The van der Waals surface area contributed by atoms with Crippen molar-refractivity contribution in [1.29, 1.82) is 0 Å². The molecule has 0 N–H and O–H groups in total. The number of hydrogen-bond acceptors (Lipinski definition) is 4. The van der Waals surface area contributed by atoms with Crippen LogP contribution in [0.4, 0.5) is 0 Å². The van der Waals surface area contributed by atoms with Gasteiger partial charge in [-0.1, -0.05) is 127 Å². The molecule has 6 aromatic carbocycles. The van der Waals surface area contributed by atoms with Gasteiger partial charge in [0, 0.05) is 63.8 Å². The third-order valence-electron chi connectivity index (χ3n) is 9.24. The largest absolute Gasteiger partial charge is 0.247 e. The second-order valence-corrected chi connectivity index (χ2v) is 13.0. The summed E-state index contributed by atoms with van der Waals surface area (Å²) >= 11 is 1.84. The summed E-state index contributed by atoms with van der Waals surface area (Å²) in [4.78, 5) is 15.6. The van der Waals surface area contributed by atoms with Gasteiger partial charge >= 0.3 is 0 Å². The monoisotopic (exact) mass is 615 g/mol. The van der Waals surface area contributed by atoms with Crippen molar-refractivity contribution in [3.05, 3.63) is 152 Å². The first-order valence-corrected chi connectivity index (χ1v) is 16.6. The molecule has 0 spiro atoms. The first-order valence-electron chi connectivity index (χ1n) is 15.8. The fraction of sp³-hybridized carbons (Fsp3) is 0. The maximum atomic E-state index is 5.33. The maximum absolute atomic E-state index is 5.33. The summed E-state index contributed by atoms with van der Waals surface area (Å²) in [5.74, 6) is 0. The first kappa shape index (κ1) is 26.3. The van der Waals surface area contributed by atoms with Crippen LogP contribution in [0, 0.1) is 0 Å². The zero-order valence-electron chi connectivity index (χ0n) is 25.2. The van der Waals surface area contributed by atoms with Crippen LogP contribution in [-0.2, 0) is 0 Å². The number of aromatic nitrogens is 3. The molecule has 0 bridgehead atoms. The highest BCUT2D eigenvalue weighted by molar-refractivity contribution is 7.26. The van der Waals surface area contributed by atoms with E-state index in [1.54, 1.807) is 0 Å². The molecule has 4 aromatic heterocycles. The molecule has 218 valence electrons. The maximum Gasteiger partial charge on any atom is 0.0972 e. The van der Waals surface area contributed by atoms with Crippen molar-refractivity contribution in [2.24, 2.45) is 0 Å². The lowest BCUT2D eigenvalue weighted by Crippen LogP contribution is -1.91. The Hall–Kier alpha value is -5.97. The average Bonchev–Trinajstić information content (AvgIpc) is 3.54. The SMILES string of the molecule is c1ccc(-c2ccc3ccc4ccc(-c5cccc6c5sc5ccc7c(-c8ccccc8)nc8ccccc8c7c56)nc4c3n2)cc1. The van der Waals surface area contributed by atoms with Crippen LogP contribution < -0.4 is 0 Å². The second kappa shape index (κ2) is 10.3. The summed E-state index contributed by atoms with van der Waals surface area (Å²) in [6.45, 7) is 0. The molecule has 0 aliphatic rings. The number of benzene rings is 6. The molecule has 0 aliphatic carbocycles. The number of hydrogen-bond donors (Lipinski definition) is 0. The Balaban J connectivity index is 1.24. The summed E-state index contributed by atoms with van der Waals surface area (Å²) in [5, 5.41) is 8.29. The number of thiophene rings is 1. The van der Waals surface area contributed by atoms with Crippen molar-refractivity contribution in [2.75, 3.05) is 0 Å². The zero-order valence-corrected chi connectivity index (χ0v) is 26.0. The molecule has 0 unspecified atom stereocenters. The van der Waals surface area contributed by atoms with Crippen LogP contribution in [0.2, 0.25) is 0 Å². The van der Waals surface area contributed by atoms with E-state index in [2.05, 4.69) is 146 Å². The lowest BCUT2D eigenvalue weighted by Gasteiger charge is -2.11. The van der Waals surface area contributed by atoms with E-state index in [9.17, 15) is 0 Å². The number of pyridine rings is 3. The van der Waals surface area contributed by atoms with E-state index < -0.39 is 0 Å². The van der Waals surface area contributed by atoms with Gasteiger partial charge in [0.1, 0.15) is 0 Å². The molecule has 0 amide bonds. The lowest BCUT2D eigenvalue weighted by atomic mass is 9.95. The van der Waals surface area contributed by atoms with Crippen LogP contribution in [0.25, 0.3) is 97.4 Å². The van der Waals surface area contributed by atoms with Gasteiger partial charge in [0.2, 0.25) is 0 Å². The van der Waals surface area contributed by atoms with Gasteiger partial charge in [-0.3, -0.25) is 0 Å². The van der Waals surface area contributed by atoms with E-state index in [1.807, 2.05) is 17.4 Å². The van der Waals surface area contributed by atoms with Crippen LogP contribution in [0.1, 0.15) is 0 Å². The molecule has 4 heteroatoms. The molecule has 0 fully saturated rings. The Labute approximate surface area is 274 Å². The van der Waals surface area contributed by atoms with Crippen molar-refractivity contribution >= 4 is 75.0 Å². The minimum atomic E-state index is 0.922. The second-order valence-electron chi connectivity index (χ2n) is 12.0. The molecule has 4 heterocycles.